The standard InChI is InChI=1S/C25H24F2N4O3/c1-15-5-7-31-21(13-17-14-30(8-9-34-17)25(32)33-2)24(29-22(31)10-15)23-18(26)11-16(12-19(23)27)20-4-3-6-28-20/h3-7,10-12,17,28H,8-9,13-14H2,1-2H3. The number of nitrogens with one attached hydrogen (secondary N) is 1. The van der Waals surface area contributed by atoms with Gasteiger partial charge in [-0.15, -0.1) is 0 Å². The summed E-state index contributed by atoms with van der Waals surface area (Å²) in [6.45, 7) is 3.01. The highest BCUT2D eigenvalue weighted by Gasteiger charge is 2.29. The molecule has 1 aliphatic heterocycles. The van der Waals surface area contributed by atoms with E-state index < -0.39 is 17.7 Å². The fourth-order valence-corrected chi connectivity index (χ4v) is 4.41. The minimum atomic E-state index is -0.702. The van der Waals surface area contributed by atoms with Crippen LogP contribution in [-0.2, 0) is 15.9 Å². The van der Waals surface area contributed by atoms with Crippen molar-refractivity contribution in [3.05, 3.63) is 71.7 Å². The maximum atomic E-state index is 15.4. The van der Waals surface area contributed by atoms with Gasteiger partial charge >= 0.3 is 6.09 Å². The minimum absolute atomic E-state index is 0.188. The summed E-state index contributed by atoms with van der Waals surface area (Å²) in [5.41, 5.74) is 3.23. The van der Waals surface area contributed by atoms with E-state index >= 15 is 8.78 Å². The first-order valence-corrected chi connectivity index (χ1v) is 11.0. The number of morpholine rings is 1. The number of fused-ring (bicyclic) bond motifs is 1. The molecule has 1 aliphatic rings. The van der Waals surface area contributed by atoms with Crippen LogP contribution in [0.25, 0.3) is 28.2 Å². The summed E-state index contributed by atoms with van der Waals surface area (Å²) in [4.78, 5) is 21.1. The molecule has 0 radical (unpaired) electrons. The number of rotatable bonds is 4. The van der Waals surface area contributed by atoms with Crippen LogP contribution in [0.1, 0.15) is 11.3 Å². The third kappa shape index (κ3) is 4.03. The Labute approximate surface area is 194 Å². The lowest BCUT2D eigenvalue weighted by molar-refractivity contribution is -0.0241. The smallest absolute Gasteiger partial charge is 0.409 e. The van der Waals surface area contributed by atoms with Gasteiger partial charge in [-0.3, -0.25) is 0 Å². The van der Waals surface area contributed by atoms with Crippen LogP contribution in [0, 0.1) is 18.6 Å². The third-order valence-electron chi connectivity index (χ3n) is 6.06. The van der Waals surface area contributed by atoms with Crippen LogP contribution >= 0.6 is 0 Å². The second-order valence-electron chi connectivity index (χ2n) is 8.35. The molecule has 1 aromatic carbocycles. The number of carbonyl (C=O) groups excluding carboxylic acids is 1. The molecule has 34 heavy (non-hydrogen) atoms. The number of ether oxygens (including phenoxy) is 2. The van der Waals surface area contributed by atoms with E-state index in [1.165, 1.54) is 19.2 Å². The SMILES string of the molecule is COC(=O)N1CCOC(Cc2c(-c3c(F)cc(-c4ccc[nH]4)cc3F)nc3cc(C)ccn23)C1. The second kappa shape index (κ2) is 8.90. The van der Waals surface area contributed by atoms with Crippen LogP contribution in [0.5, 0.6) is 0 Å². The van der Waals surface area contributed by atoms with Crippen molar-refractivity contribution in [3.63, 3.8) is 0 Å². The predicted octanol–water partition coefficient (Wildman–Crippen LogP) is 4.59. The summed E-state index contributed by atoms with van der Waals surface area (Å²) >= 11 is 0. The van der Waals surface area contributed by atoms with Crippen molar-refractivity contribution in [3.8, 4) is 22.5 Å². The molecule has 1 saturated heterocycles. The Morgan fingerprint density at radius 3 is 2.76 bits per heavy atom. The predicted molar refractivity (Wildman–Crippen MR) is 122 cm³/mol. The van der Waals surface area contributed by atoms with Gasteiger partial charge in [-0.25, -0.2) is 18.6 Å². The van der Waals surface area contributed by atoms with Crippen molar-refractivity contribution in [2.75, 3.05) is 26.8 Å². The van der Waals surface area contributed by atoms with Crippen LogP contribution in [0.15, 0.2) is 48.8 Å². The number of imidazole rings is 1. The first-order valence-electron chi connectivity index (χ1n) is 11.0. The van der Waals surface area contributed by atoms with Gasteiger partial charge in [0.1, 0.15) is 17.3 Å². The molecule has 5 rings (SSSR count). The molecule has 0 aliphatic carbocycles. The lowest BCUT2D eigenvalue weighted by Gasteiger charge is -2.32. The van der Waals surface area contributed by atoms with Crippen LogP contribution in [0.4, 0.5) is 13.6 Å². The highest BCUT2D eigenvalue weighted by molar-refractivity contribution is 5.72. The first-order chi connectivity index (χ1) is 16.4. The third-order valence-corrected chi connectivity index (χ3v) is 6.06. The van der Waals surface area contributed by atoms with Crippen molar-refractivity contribution in [1.29, 1.82) is 0 Å². The maximum absolute atomic E-state index is 15.4. The van der Waals surface area contributed by atoms with E-state index in [1.54, 1.807) is 23.2 Å². The van der Waals surface area contributed by atoms with Gasteiger partial charge in [-0.2, -0.15) is 0 Å². The molecule has 0 saturated carbocycles. The number of aryl methyl sites for hydroxylation is 1. The van der Waals surface area contributed by atoms with Crippen LogP contribution in [0.2, 0.25) is 0 Å². The number of H-pyrrole nitrogens is 1. The Hall–Kier alpha value is -3.72. The summed E-state index contributed by atoms with van der Waals surface area (Å²) in [7, 11) is 1.33. The fourth-order valence-electron chi connectivity index (χ4n) is 4.41. The number of amides is 1. The first kappa shape index (κ1) is 22.1. The number of benzene rings is 1. The second-order valence-corrected chi connectivity index (χ2v) is 8.35. The van der Waals surface area contributed by atoms with Gasteiger partial charge in [0.25, 0.3) is 0 Å². The Morgan fingerprint density at radius 1 is 1.26 bits per heavy atom. The molecule has 1 fully saturated rings. The summed E-state index contributed by atoms with van der Waals surface area (Å²) in [6, 6.07) is 9.90. The van der Waals surface area contributed by atoms with Crippen molar-refractivity contribution >= 4 is 11.7 Å². The van der Waals surface area contributed by atoms with E-state index in [2.05, 4.69) is 9.97 Å². The van der Waals surface area contributed by atoms with Gasteiger partial charge in [0.05, 0.1) is 43.3 Å². The van der Waals surface area contributed by atoms with Gasteiger partial charge in [0.2, 0.25) is 0 Å². The Kier molecular flexibility index (Phi) is 5.79. The molecule has 176 valence electrons. The van der Waals surface area contributed by atoms with E-state index in [4.69, 9.17) is 9.47 Å². The number of aromatic nitrogens is 3. The number of carbonyl (C=O) groups is 1. The summed E-state index contributed by atoms with van der Waals surface area (Å²) in [5.74, 6) is -1.40. The van der Waals surface area contributed by atoms with Crippen LogP contribution in [-0.4, -0.2) is 58.3 Å². The van der Waals surface area contributed by atoms with E-state index in [0.29, 0.717) is 48.7 Å². The van der Waals surface area contributed by atoms with Gasteiger partial charge in [0, 0.05) is 36.6 Å². The van der Waals surface area contributed by atoms with Crippen LogP contribution < -0.4 is 0 Å². The van der Waals surface area contributed by atoms with E-state index in [0.717, 1.165) is 5.56 Å². The van der Waals surface area contributed by atoms with Gasteiger partial charge < -0.3 is 23.8 Å². The Bertz CT molecular complexity index is 1330. The Morgan fingerprint density at radius 2 is 2.06 bits per heavy atom. The zero-order valence-electron chi connectivity index (χ0n) is 18.8. The number of pyridine rings is 1. The zero-order chi connectivity index (χ0) is 23.8. The Balaban J connectivity index is 1.58. The number of hydrogen-bond donors (Lipinski definition) is 1. The van der Waals surface area contributed by atoms with Gasteiger partial charge in [-0.1, -0.05) is 0 Å². The molecule has 1 amide bonds. The molecule has 9 heteroatoms. The topological polar surface area (TPSA) is 71.9 Å². The van der Waals surface area contributed by atoms with Crippen molar-refractivity contribution in [2.24, 2.45) is 0 Å². The molecule has 0 spiro atoms. The number of methoxy groups -OCH3 is 1. The molecule has 1 N–H and O–H groups in total. The van der Waals surface area contributed by atoms with Crippen molar-refractivity contribution < 1.29 is 23.0 Å². The number of halogens is 2. The normalized spacial score (nSPS) is 16.2. The molecule has 3 aromatic heterocycles. The number of aromatic amines is 1. The lowest BCUT2D eigenvalue weighted by atomic mass is 10.0. The average Bonchev–Trinajstić information content (AvgIpc) is 3.47. The molecule has 7 nitrogen and oxygen atoms in total. The van der Waals surface area contributed by atoms with Gasteiger partial charge in [0.15, 0.2) is 0 Å². The molecular formula is C25H24F2N4O3. The fraction of sp³-hybridized carbons (Fsp3) is 0.280. The number of nitrogens with zero attached hydrogens (tertiary/aromatic N) is 3. The molecule has 1 unspecified atom stereocenters. The van der Waals surface area contributed by atoms with Crippen LogP contribution in [0.3, 0.4) is 0 Å². The van der Waals surface area contributed by atoms with Gasteiger partial charge in [-0.05, 0) is 48.9 Å². The molecule has 4 heterocycles. The zero-order valence-corrected chi connectivity index (χ0v) is 18.8. The highest BCUT2D eigenvalue weighted by atomic mass is 19.1. The van der Waals surface area contributed by atoms with Crippen molar-refractivity contribution in [2.45, 2.75) is 19.4 Å². The number of hydrogen-bond acceptors (Lipinski definition) is 4. The lowest BCUT2D eigenvalue weighted by Crippen LogP contribution is -2.46. The van der Waals surface area contributed by atoms with E-state index in [9.17, 15) is 4.79 Å². The largest absolute Gasteiger partial charge is 0.453 e. The molecule has 1 atom stereocenters. The maximum Gasteiger partial charge on any atom is 0.409 e. The molecular weight excluding hydrogens is 442 g/mol. The molecule has 4 aromatic rings. The van der Waals surface area contributed by atoms with E-state index in [1.807, 2.05) is 29.7 Å². The summed E-state index contributed by atoms with van der Waals surface area (Å²) < 4.78 is 43.3. The highest BCUT2D eigenvalue weighted by Crippen LogP contribution is 2.34. The summed E-state index contributed by atoms with van der Waals surface area (Å²) in [6.07, 6.45) is 3.03. The van der Waals surface area contributed by atoms with Crippen molar-refractivity contribution in [1.82, 2.24) is 19.3 Å². The monoisotopic (exact) mass is 466 g/mol. The van der Waals surface area contributed by atoms with E-state index in [-0.39, 0.29) is 17.4 Å². The minimum Gasteiger partial charge on any atom is -0.453 e. The summed E-state index contributed by atoms with van der Waals surface area (Å²) in [5, 5.41) is 0. The average molecular weight is 466 g/mol. The molecule has 0 bridgehead atoms. The quantitative estimate of drug-likeness (QED) is 0.478.